The summed E-state index contributed by atoms with van der Waals surface area (Å²) in [5.74, 6) is 0.906. The topological polar surface area (TPSA) is 12.0 Å². The standard InChI is InChI=1S/C15H21NS/c1-11-9-14-13(3-2-4-15(14)17-11)10-12-5-7-16-8-6-12/h2-4,11-12,16H,5-10H2,1H3. The van der Waals surface area contributed by atoms with E-state index >= 15 is 0 Å². The minimum Gasteiger partial charge on any atom is -0.317 e. The molecule has 0 radical (unpaired) electrons. The molecule has 0 aliphatic carbocycles. The Morgan fingerprint density at radius 3 is 2.94 bits per heavy atom. The average Bonchev–Trinajstić information content (AvgIpc) is 2.72. The third-order valence-electron chi connectivity index (χ3n) is 4.02. The van der Waals surface area contributed by atoms with Gasteiger partial charge in [0.05, 0.1) is 0 Å². The Kier molecular flexibility index (Phi) is 3.44. The van der Waals surface area contributed by atoms with E-state index in [1.54, 1.807) is 16.0 Å². The van der Waals surface area contributed by atoms with Gasteiger partial charge in [0.25, 0.3) is 0 Å². The fourth-order valence-corrected chi connectivity index (χ4v) is 4.28. The lowest BCUT2D eigenvalue weighted by Crippen LogP contribution is -2.28. The number of hydrogen-bond donors (Lipinski definition) is 1. The molecule has 92 valence electrons. The Hall–Kier alpha value is -0.470. The first-order valence-electron chi connectivity index (χ1n) is 6.81. The van der Waals surface area contributed by atoms with Crippen molar-refractivity contribution in [3.05, 3.63) is 29.3 Å². The van der Waals surface area contributed by atoms with Crippen LogP contribution in [0.1, 0.15) is 30.9 Å². The minimum absolute atomic E-state index is 0.777. The lowest BCUT2D eigenvalue weighted by molar-refractivity contribution is 0.372. The maximum absolute atomic E-state index is 3.46. The van der Waals surface area contributed by atoms with Gasteiger partial charge < -0.3 is 5.32 Å². The van der Waals surface area contributed by atoms with Gasteiger partial charge in [-0.25, -0.2) is 0 Å². The molecule has 2 aliphatic heterocycles. The van der Waals surface area contributed by atoms with E-state index in [1.807, 2.05) is 0 Å². The van der Waals surface area contributed by atoms with Crippen LogP contribution in [0.25, 0.3) is 0 Å². The van der Waals surface area contributed by atoms with Gasteiger partial charge in [-0.15, -0.1) is 11.8 Å². The SMILES string of the molecule is CC1Cc2c(CC3CCNCC3)cccc2S1. The zero-order chi connectivity index (χ0) is 11.7. The van der Waals surface area contributed by atoms with Gasteiger partial charge in [-0.2, -0.15) is 0 Å². The molecule has 0 spiro atoms. The van der Waals surface area contributed by atoms with E-state index in [1.165, 1.54) is 38.8 Å². The van der Waals surface area contributed by atoms with Crippen molar-refractivity contribution >= 4 is 11.8 Å². The lowest BCUT2D eigenvalue weighted by atomic mass is 9.88. The zero-order valence-corrected chi connectivity index (χ0v) is 11.4. The number of thioether (sulfide) groups is 1. The smallest absolute Gasteiger partial charge is 0.0110 e. The second-order valence-electron chi connectivity index (χ2n) is 5.42. The molecule has 1 aromatic carbocycles. The molecular weight excluding hydrogens is 226 g/mol. The number of fused-ring (bicyclic) bond motifs is 1. The molecule has 0 aromatic heterocycles. The summed E-state index contributed by atoms with van der Waals surface area (Å²) in [6, 6.07) is 6.91. The Morgan fingerprint density at radius 2 is 2.12 bits per heavy atom. The van der Waals surface area contributed by atoms with Gasteiger partial charge in [-0.3, -0.25) is 0 Å². The average molecular weight is 247 g/mol. The molecule has 2 heterocycles. The summed E-state index contributed by atoms with van der Waals surface area (Å²) in [4.78, 5) is 1.55. The molecule has 0 amide bonds. The van der Waals surface area contributed by atoms with E-state index in [0.29, 0.717) is 0 Å². The zero-order valence-electron chi connectivity index (χ0n) is 10.5. The summed E-state index contributed by atoms with van der Waals surface area (Å²) in [6.45, 7) is 4.77. The lowest BCUT2D eigenvalue weighted by Gasteiger charge is -2.23. The molecule has 1 N–H and O–H groups in total. The summed E-state index contributed by atoms with van der Waals surface area (Å²) < 4.78 is 0. The first-order valence-corrected chi connectivity index (χ1v) is 7.69. The summed E-state index contributed by atoms with van der Waals surface area (Å²) in [5.41, 5.74) is 3.29. The van der Waals surface area contributed by atoms with Crippen LogP contribution < -0.4 is 5.32 Å². The fourth-order valence-electron chi connectivity index (χ4n) is 3.09. The molecular formula is C15H21NS. The van der Waals surface area contributed by atoms with Crippen molar-refractivity contribution in [1.82, 2.24) is 5.32 Å². The highest BCUT2D eigenvalue weighted by Gasteiger charge is 2.22. The highest BCUT2D eigenvalue weighted by atomic mass is 32.2. The van der Waals surface area contributed by atoms with Crippen LogP contribution in [-0.2, 0) is 12.8 Å². The van der Waals surface area contributed by atoms with Gasteiger partial charge >= 0.3 is 0 Å². The number of nitrogens with one attached hydrogen (secondary N) is 1. The van der Waals surface area contributed by atoms with Gasteiger partial charge in [0.2, 0.25) is 0 Å². The van der Waals surface area contributed by atoms with Crippen LogP contribution in [0.2, 0.25) is 0 Å². The van der Waals surface area contributed by atoms with Crippen molar-refractivity contribution in [3.63, 3.8) is 0 Å². The third-order valence-corrected chi connectivity index (χ3v) is 5.22. The summed E-state index contributed by atoms with van der Waals surface area (Å²) in [6.07, 6.45) is 5.29. The predicted octanol–water partition coefficient (Wildman–Crippen LogP) is 3.27. The summed E-state index contributed by atoms with van der Waals surface area (Å²) in [5, 5.41) is 4.23. The second-order valence-corrected chi connectivity index (χ2v) is 6.90. The van der Waals surface area contributed by atoms with Crippen molar-refractivity contribution in [3.8, 4) is 0 Å². The Bertz CT molecular complexity index is 396. The number of benzene rings is 1. The van der Waals surface area contributed by atoms with Crippen LogP contribution >= 0.6 is 11.8 Å². The molecule has 3 rings (SSSR count). The molecule has 0 bridgehead atoms. The molecule has 1 atom stereocenters. The highest BCUT2D eigenvalue weighted by molar-refractivity contribution is 8.00. The van der Waals surface area contributed by atoms with Gasteiger partial charge in [0.1, 0.15) is 0 Å². The van der Waals surface area contributed by atoms with E-state index in [0.717, 1.165) is 11.2 Å². The Morgan fingerprint density at radius 1 is 1.29 bits per heavy atom. The molecule has 17 heavy (non-hydrogen) atoms. The maximum atomic E-state index is 3.46. The van der Waals surface area contributed by atoms with Crippen LogP contribution in [0.4, 0.5) is 0 Å². The third kappa shape index (κ3) is 2.53. The molecule has 2 heteroatoms. The van der Waals surface area contributed by atoms with Crippen LogP contribution in [-0.4, -0.2) is 18.3 Å². The Labute approximate surface area is 108 Å². The predicted molar refractivity (Wildman–Crippen MR) is 74.8 cm³/mol. The molecule has 1 unspecified atom stereocenters. The van der Waals surface area contributed by atoms with Crippen molar-refractivity contribution in [1.29, 1.82) is 0 Å². The van der Waals surface area contributed by atoms with Gasteiger partial charge in [0.15, 0.2) is 0 Å². The van der Waals surface area contributed by atoms with E-state index in [-0.39, 0.29) is 0 Å². The van der Waals surface area contributed by atoms with E-state index < -0.39 is 0 Å². The first kappa shape index (κ1) is 11.6. The number of rotatable bonds is 2. The van der Waals surface area contributed by atoms with Gasteiger partial charge in [0, 0.05) is 10.1 Å². The van der Waals surface area contributed by atoms with Crippen molar-refractivity contribution in [2.75, 3.05) is 13.1 Å². The fraction of sp³-hybridized carbons (Fsp3) is 0.600. The minimum atomic E-state index is 0.777. The molecule has 1 saturated heterocycles. The first-order chi connectivity index (χ1) is 8.33. The summed E-state index contributed by atoms with van der Waals surface area (Å²) >= 11 is 2.05. The van der Waals surface area contributed by atoms with E-state index in [4.69, 9.17) is 0 Å². The van der Waals surface area contributed by atoms with Crippen molar-refractivity contribution < 1.29 is 0 Å². The molecule has 1 fully saturated rings. The van der Waals surface area contributed by atoms with Gasteiger partial charge in [-0.05, 0) is 61.9 Å². The van der Waals surface area contributed by atoms with Crippen molar-refractivity contribution in [2.45, 2.75) is 42.8 Å². The van der Waals surface area contributed by atoms with E-state index in [9.17, 15) is 0 Å². The molecule has 0 saturated carbocycles. The number of piperidine rings is 1. The van der Waals surface area contributed by atoms with Gasteiger partial charge in [-0.1, -0.05) is 19.1 Å². The summed E-state index contributed by atoms with van der Waals surface area (Å²) in [7, 11) is 0. The van der Waals surface area contributed by atoms with Crippen LogP contribution in [0.5, 0.6) is 0 Å². The van der Waals surface area contributed by atoms with Crippen LogP contribution in [0.3, 0.4) is 0 Å². The largest absolute Gasteiger partial charge is 0.317 e. The normalized spacial score (nSPS) is 24.9. The van der Waals surface area contributed by atoms with E-state index in [2.05, 4.69) is 42.2 Å². The molecule has 2 aliphatic rings. The second kappa shape index (κ2) is 5.03. The van der Waals surface area contributed by atoms with Crippen LogP contribution in [0.15, 0.2) is 23.1 Å². The molecule has 1 nitrogen and oxygen atoms in total. The van der Waals surface area contributed by atoms with Crippen molar-refractivity contribution in [2.24, 2.45) is 5.92 Å². The highest BCUT2D eigenvalue weighted by Crippen LogP contribution is 2.39. The van der Waals surface area contributed by atoms with Crippen LogP contribution in [0, 0.1) is 5.92 Å². The monoisotopic (exact) mass is 247 g/mol. The Balaban J connectivity index is 1.77. The molecule has 1 aromatic rings. The maximum Gasteiger partial charge on any atom is 0.0110 e. The number of hydrogen-bond acceptors (Lipinski definition) is 2. The quantitative estimate of drug-likeness (QED) is 0.861.